The molecule has 3 rings (SSSR count). The number of anilines is 1. The van der Waals surface area contributed by atoms with Crippen LogP contribution in [0.4, 0.5) is 17.1 Å². The van der Waals surface area contributed by atoms with E-state index in [1.165, 1.54) is 0 Å². The maximum Gasteiger partial charge on any atom is 0.0887 e. The molecule has 0 aliphatic heterocycles. The van der Waals surface area contributed by atoms with Gasteiger partial charge in [0.25, 0.3) is 0 Å². The molecule has 138 valence electrons. The Morgan fingerprint density at radius 1 is 1.00 bits per heavy atom. The number of likely N-dealkylation sites (N-methyl/N-ethyl adjacent to an activating group) is 1. The van der Waals surface area contributed by atoms with E-state index in [0.717, 1.165) is 40.4 Å². The number of benzene rings is 2. The van der Waals surface area contributed by atoms with Crippen LogP contribution in [-0.2, 0) is 0 Å². The first kappa shape index (κ1) is 18.7. The molecule has 27 heavy (non-hydrogen) atoms. The Balaban J connectivity index is 1.74. The largest absolute Gasteiger partial charge is 0.395 e. The first-order valence-corrected chi connectivity index (χ1v) is 9.11. The zero-order chi connectivity index (χ0) is 19.1. The van der Waals surface area contributed by atoms with E-state index in [0.29, 0.717) is 6.54 Å². The molecule has 0 unspecified atom stereocenters. The van der Waals surface area contributed by atoms with Crippen LogP contribution in [0.15, 0.2) is 77.1 Å². The SMILES string of the molecule is CCN(CCO)c1ccc(N=Nc2ccc(-c3ccccn3)cc2)c(C)c1. The maximum atomic E-state index is 9.18. The molecule has 1 aromatic heterocycles. The van der Waals surface area contributed by atoms with Crippen molar-refractivity contribution in [3.8, 4) is 11.3 Å². The van der Waals surface area contributed by atoms with E-state index in [2.05, 4.69) is 33.1 Å². The first-order chi connectivity index (χ1) is 13.2. The monoisotopic (exact) mass is 360 g/mol. The van der Waals surface area contributed by atoms with Crippen molar-refractivity contribution in [1.82, 2.24) is 4.98 Å². The summed E-state index contributed by atoms with van der Waals surface area (Å²) < 4.78 is 0. The van der Waals surface area contributed by atoms with Crippen molar-refractivity contribution in [2.45, 2.75) is 13.8 Å². The van der Waals surface area contributed by atoms with Gasteiger partial charge < -0.3 is 10.0 Å². The van der Waals surface area contributed by atoms with Gasteiger partial charge in [0, 0.05) is 30.5 Å². The summed E-state index contributed by atoms with van der Waals surface area (Å²) >= 11 is 0. The molecule has 0 fully saturated rings. The normalized spacial score (nSPS) is 11.1. The fourth-order valence-electron chi connectivity index (χ4n) is 2.88. The summed E-state index contributed by atoms with van der Waals surface area (Å²) in [5.74, 6) is 0. The molecule has 0 atom stereocenters. The molecule has 3 aromatic rings. The summed E-state index contributed by atoms with van der Waals surface area (Å²) in [7, 11) is 0. The van der Waals surface area contributed by atoms with Gasteiger partial charge in [-0.3, -0.25) is 4.98 Å². The highest BCUT2D eigenvalue weighted by Gasteiger charge is 2.06. The van der Waals surface area contributed by atoms with E-state index in [4.69, 9.17) is 0 Å². The second-order valence-electron chi connectivity index (χ2n) is 6.24. The smallest absolute Gasteiger partial charge is 0.0887 e. The minimum atomic E-state index is 0.142. The standard InChI is InChI=1S/C22H24N4O/c1-3-26(14-15-27)20-11-12-21(17(2)16-20)25-24-19-9-7-18(8-10-19)22-6-4-5-13-23-22/h4-13,16,27H,3,14-15H2,1-2H3. The molecule has 0 spiro atoms. The number of pyridine rings is 1. The van der Waals surface area contributed by atoms with Gasteiger partial charge in [0.1, 0.15) is 0 Å². The van der Waals surface area contributed by atoms with Crippen LogP contribution in [0, 0.1) is 6.92 Å². The number of aromatic nitrogens is 1. The fourth-order valence-corrected chi connectivity index (χ4v) is 2.88. The van der Waals surface area contributed by atoms with Gasteiger partial charge in [0.05, 0.1) is 23.7 Å². The lowest BCUT2D eigenvalue weighted by atomic mass is 10.1. The third-order valence-corrected chi connectivity index (χ3v) is 4.40. The van der Waals surface area contributed by atoms with E-state index in [-0.39, 0.29) is 6.61 Å². The van der Waals surface area contributed by atoms with Crippen molar-refractivity contribution < 1.29 is 5.11 Å². The molecule has 0 saturated carbocycles. The molecule has 1 heterocycles. The quantitative estimate of drug-likeness (QED) is 0.582. The highest BCUT2D eigenvalue weighted by molar-refractivity contribution is 5.61. The molecule has 5 heteroatoms. The van der Waals surface area contributed by atoms with Crippen molar-refractivity contribution in [2.24, 2.45) is 10.2 Å². The third-order valence-electron chi connectivity index (χ3n) is 4.40. The average Bonchev–Trinajstić information content (AvgIpc) is 2.72. The molecule has 0 amide bonds. The van der Waals surface area contributed by atoms with Gasteiger partial charge in [-0.15, -0.1) is 0 Å². The first-order valence-electron chi connectivity index (χ1n) is 9.11. The van der Waals surface area contributed by atoms with Crippen LogP contribution in [-0.4, -0.2) is 29.8 Å². The number of aliphatic hydroxyl groups excluding tert-OH is 1. The van der Waals surface area contributed by atoms with Crippen molar-refractivity contribution in [3.63, 3.8) is 0 Å². The zero-order valence-electron chi connectivity index (χ0n) is 15.7. The van der Waals surface area contributed by atoms with E-state index in [9.17, 15) is 5.11 Å². The highest BCUT2D eigenvalue weighted by atomic mass is 16.3. The molecule has 0 saturated heterocycles. The van der Waals surface area contributed by atoms with Gasteiger partial charge >= 0.3 is 0 Å². The van der Waals surface area contributed by atoms with E-state index in [1.54, 1.807) is 6.20 Å². The summed E-state index contributed by atoms with van der Waals surface area (Å²) in [6.07, 6.45) is 1.79. The zero-order valence-corrected chi connectivity index (χ0v) is 15.7. The van der Waals surface area contributed by atoms with Gasteiger partial charge in [0.2, 0.25) is 0 Å². The topological polar surface area (TPSA) is 61.1 Å². The second kappa shape index (κ2) is 9.05. The highest BCUT2D eigenvalue weighted by Crippen LogP contribution is 2.27. The van der Waals surface area contributed by atoms with Crippen molar-refractivity contribution in [2.75, 3.05) is 24.6 Å². The third kappa shape index (κ3) is 4.77. The summed E-state index contributed by atoms with van der Waals surface area (Å²) in [5, 5.41) is 17.9. The van der Waals surface area contributed by atoms with Crippen LogP contribution in [0.3, 0.4) is 0 Å². The van der Waals surface area contributed by atoms with Crippen molar-refractivity contribution in [1.29, 1.82) is 0 Å². The maximum absolute atomic E-state index is 9.18. The van der Waals surface area contributed by atoms with Crippen LogP contribution < -0.4 is 4.90 Å². The van der Waals surface area contributed by atoms with Gasteiger partial charge in [-0.05, 0) is 61.9 Å². The number of hydrogen-bond donors (Lipinski definition) is 1. The summed E-state index contributed by atoms with van der Waals surface area (Å²) in [6.45, 7) is 5.72. The van der Waals surface area contributed by atoms with Gasteiger partial charge in [-0.2, -0.15) is 10.2 Å². The Bertz CT molecular complexity index is 892. The Hall–Kier alpha value is -3.05. The van der Waals surface area contributed by atoms with Crippen LogP contribution in [0.2, 0.25) is 0 Å². The predicted molar refractivity (Wildman–Crippen MR) is 110 cm³/mol. The number of aliphatic hydroxyl groups is 1. The van der Waals surface area contributed by atoms with Gasteiger partial charge in [-0.25, -0.2) is 0 Å². The summed E-state index contributed by atoms with van der Waals surface area (Å²) in [6, 6.07) is 19.8. The Morgan fingerprint density at radius 3 is 2.44 bits per heavy atom. The molecule has 2 aromatic carbocycles. The Labute approximate surface area is 160 Å². The molecular formula is C22H24N4O. The minimum absolute atomic E-state index is 0.142. The second-order valence-corrected chi connectivity index (χ2v) is 6.24. The van der Waals surface area contributed by atoms with E-state index < -0.39 is 0 Å². The van der Waals surface area contributed by atoms with Crippen LogP contribution in [0.1, 0.15) is 12.5 Å². The minimum Gasteiger partial charge on any atom is -0.395 e. The van der Waals surface area contributed by atoms with Crippen molar-refractivity contribution >= 4 is 17.1 Å². The van der Waals surface area contributed by atoms with E-state index >= 15 is 0 Å². The van der Waals surface area contributed by atoms with Crippen LogP contribution in [0.25, 0.3) is 11.3 Å². The number of aryl methyl sites for hydroxylation is 1. The van der Waals surface area contributed by atoms with Crippen molar-refractivity contribution in [3.05, 3.63) is 72.4 Å². The molecule has 0 bridgehead atoms. The lowest BCUT2D eigenvalue weighted by Crippen LogP contribution is -2.26. The molecule has 0 aliphatic carbocycles. The molecular weight excluding hydrogens is 336 g/mol. The summed E-state index contributed by atoms with van der Waals surface area (Å²) in [5.41, 5.74) is 5.77. The number of rotatable bonds is 7. The molecule has 1 N–H and O–H groups in total. The number of azo groups is 1. The lowest BCUT2D eigenvalue weighted by molar-refractivity contribution is 0.302. The Kier molecular flexibility index (Phi) is 6.28. The van der Waals surface area contributed by atoms with Crippen LogP contribution >= 0.6 is 0 Å². The average molecular weight is 360 g/mol. The number of hydrogen-bond acceptors (Lipinski definition) is 5. The Morgan fingerprint density at radius 2 is 1.81 bits per heavy atom. The molecule has 0 radical (unpaired) electrons. The number of nitrogens with zero attached hydrogens (tertiary/aromatic N) is 4. The lowest BCUT2D eigenvalue weighted by Gasteiger charge is -2.22. The molecule has 5 nitrogen and oxygen atoms in total. The predicted octanol–water partition coefficient (Wildman–Crippen LogP) is 5.29. The van der Waals surface area contributed by atoms with Gasteiger partial charge in [-0.1, -0.05) is 18.2 Å². The fraction of sp³-hybridized carbons (Fsp3) is 0.227. The van der Waals surface area contributed by atoms with Crippen LogP contribution in [0.5, 0.6) is 0 Å². The molecule has 0 aliphatic rings. The summed E-state index contributed by atoms with van der Waals surface area (Å²) in [4.78, 5) is 6.48. The van der Waals surface area contributed by atoms with Gasteiger partial charge in [0.15, 0.2) is 0 Å². The van der Waals surface area contributed by atoms with E-state index in [1.807, 2.05) is 61.5 Å².